The van der Waals surface area contributed by atoms with E-state index in [4.69, 9.17) is 0 Å². The van der Waals surface area contributed by atoms with Crippen molar-refractivity contribution in [1.82, 2.24) is 4.31 Å². The molecule has 0 amide bonds. The van der Waals surface area contributed by atoms with E-state index in [-0.39, 0.29) is 15.5 Å². The highest BCUT2D eigenvalue weighted by Gasteiger charge is 2.23. The summed E-state index contributed by atoms with van der Waals surface area (Å²) in [6.07, 6.45) is 0. The SMILES string of the molecule is CCN(CC)S(=O)(=O)c1ccc(C)c(NS(=O)(=O)c2cccc(F)c2)c1. The van der Waals surface area contributed by atoms with Crippen LogP contribution in [0.1, 0.15) is 19.4 Å². The van der Waals surface area contributed by atoms with Gasteiger partial charge in [-0.3, -0.25) is 4.72 Å². The van der Waals surface area contributed by atoms with Gasteiger partial charge in [-0.1, -0.05) is 26.0 Å². The fourth-order valence-electron chi connectivity index (χ4n) is 2.42. The van der Waals surface area contributed by atoms with Crippen molar-refractivity contribution in [3.8, 4) is 0 Å². The lowest BCUT2D eigenvalue weighted by atomic mass is 10.2. The zero-order valence-electron chi connectivity index (χ0n) is 14.7. The summed E-state index contributed by atoms with van der Waals surface area (Å²) in [4.78, 5) is -0.252. The molecule has 2 aromatic carbocycles. The monoisotopic (exact) mass is 400 g/mol. The fourth-order valence-corrected chi connectivity index (χ4v) is 5.06. The molecule has 0 bridgehead atoms. The van der Waals surface area contributed by atoms with Crippen LogP contribution in [0.4, 0.5) is 10.1 Å². The van der Waals surface area contributed by atoms with E-state index in [2.05, 4.69) is 4.72 Å². The van der Waals surface area contributed by atoms with E-state index in [0.717, 1.165) is 12.1 Å². The molecule has 0 aromatic heterocycles. The number of benzene rings is 2. The van der Waals surface area contributed by atoms with Gasteiger partial charge in [0, 0.05) is 13.1 Å². The molecule has 0 atom stereocenters. The standard InChI is InChI=1S/C17H21FN2O4S2/c1-4-20(5-2)26(23,24)16-10-9-13(3)17(12-16)19-25(21,22)15-8-6-7-14(18)11-15/h6-12,19H,4-5H2,1-3H3. The Kier molecular flexibility index (Phi) is 6.05. The van der Waals surface area contributed by atoms with E-state index in [1.165, 1.54) is 34.6 Å². The zero-order chi connectivity index (χ0) is 19.5. The minimum absolute atomic E-state index is 0.0104. The highest BCUT2D eigenvalue weighted by atomic mass is 32.2. The van der Waals surface area contributed by atoms with Crippen molar-refractivity contribution in [2.45, 2.75) is 30.6 Å². The van der Waals surface area contributed by atoms with Crippen LogP contribution in [-0.2, 0) is 20.0 Å². The maximum absolute atomic E-state index is 13.3. The third-order valence-electron chi connectivity index (χ3n) is 3.90. The van der Waals surface area contributed by atoms with Crippen molar-refractivity contribution in [3.63, 3.8) is 0 Å². The summed E-state index contributed by atoms with van der Waals surface area (Å²) in [5.74, 6) is -0.678. The minimum Gasteiger partial charge on any atom is -0.279 e. The fraction of sp³-hybridized carbons (Fsp3) is 0.294. The third-order valence-corrected chi connectivity index (χ3v) is 7.31. The Balaban J connectivity index is 2.45. The molecular weight excluding hydrogens is 379 g/mol. The number of halogens is 1. The summed E-state index contributed by atoms with van der Waals surface area (Å²) in [5.41, 5.74) is 0.672. The quantitative estimate of drug-likeness (QED) is 0.774. The summed E-state index contributed by atoms with van der Waals surface area (Å²) >= 11 is 0. The number of aryl methyl sites for hydroxylation is 1. The lowest BCUT2D eigenvalue weighted by Gasteiger charge is -2.19. The molecule has 0 heterocycles. The van der Waals surface area contributed by atoms with Gasteiger partial charge >= 0.3 is 0 Å². The predicted octanol–water partition coefficient (Wildman–Crippen LogP) is 2.97. The summed E-state index contributed by atoms with van der Waals surface area (Å²) in [5, 5.41) is 0. The molecule has 1 N–H and O–H groups in total. The van der Waals surface area contributed by atoms with Crippen molar-refractivity contribution in [2.24, 2.45) is 0 Å². The maximum atomic E-state index is 13.3. The number of nitrogens with zero attached hydrogens (tertiary/aromatic N) is 1. The molecule has 0 saturated carbocycles. The van der Waals surface area contributed by atoms with Crippen LogP contribution in [0.25, 0.3) is 0 Å². The molecular formula is C17H21FN2O4S2. The van der Waals surface area contributed by atoms with Crippen molar-refractivity contribution in [3.05, 3.63) is 53.8 Å². The highest BCUT2D eigenvalue weighted by Crippen LogP contribution is 2.25. The van der Waals surface area contributed by atoms with E-state index >= 15 is 0 Å². The first-order chi connectivity index (χ1) is 12.1. The van der Waals surface area contributed by atoms with Gasteiger partial charge in [0.1, 0.15) is 5.82 Å². The van der Waals surface area contributed by atoms with E-state index in [1.807, 2.05) is 0 Å². The largest absolute Gasteiger partial charge is 0.279 e. The maximum Gasteiger partial charge on any atom is 0.262 e. The Labute approximate surface area is 153 Å². The second kappa shape index (κ2) is 7.73. The van der Waals surface area contributed by atoms with Crippen LogP contribution in [-0.4, -0.2) is 34.2 Å². The number of sulfonamides is 2. The number of nitrogens with one attached hydrogen (secondary N) is 1. The van der Waals surface area contributed by atoms with Gasteiger partial charge < -0.3 is 0 Å². The van der Waals surface area contributed by atoms with Gasteiger partial charge in [0.25, 0.3) is 10.0 Å². The Bertz CT molecular complexity index is 1000. The summed E-state index contributed by atoms with van der Waals surface area (Å²) in [6, 6.07) is 8.83. The molecule has 0 saturated heterocycles. The van der Waals surface area contributed by atoms with Crippen molar-refractivity contribution in [2.75, 3.05) is 17.8 Å². The lowest BCUT2D eigenvalue weighted by molar-refractivity contribution is 0.445. The molecule has 26 heavy (non-hydrogen) atoms. The Morgan fingerprint density at radius 3 is 2.19 bits per heavy atom. The Morgan fingerprint density at radius 2 is 1.62 bits per heavy atom. The second-order valence-electron chi connectivity index (χ2n) is 5.63. The molecule has 0 aliphatic rings. The van der Waals surface area contributed by atoms with Crippen LogP contribution in [0.5, 0.6) is 0 Å². The van der Waals surface area contributed by atoms with Crippen LogP contribution < -0.4 is 4.72 Å². The van der Waals surface area contributed by atoms with E-state index < -0.39 is 25.9 Å². The summed E-state index contributed by atoms with van der Waals surface area (Å²) in [7, 11) is -7.78. The van der Waals surface area contributed by atoms with Crippen LogP contribution in [0.3, 0.4) is 0 Å². The van der Waals surface area contributed by atoms with Crippen LogP contribution in [0.2, 0.25) is 0 Å². The van der Waals surface area contributed by atoms with Gasteiger partial charge in [0.2, 0.25) is 10.0 Å². The van der Waals surface area contributed by atoms with Gasteiger partial charge in [-0.25, -0.2) is 21.2 Å². The Hall–Kier alpha value is -1.97. The Morgan fingerprint density at radius 1 is 0.962 bits per heavy atom. The average Bonchev–Trinajstić information content (AvgIpc) is 2.57. The van der Waals surface area contributed by atoms with Gasteiger partial charge in [0.05, 0.1) is 15.5 Å². The van der Waals surface area contributed by atoms with E-state index in [0.29, 0.717) is 18.7 Å². The van der Waals surface area contributed by atoms with Crippen molar-refractivity contribution in [1.29, 1.82) is 0 Å². The van der Waals surface area contributed by atoms with Crippen molar-refractivity contribution < 1.29 is 21.2 Å². The topological polar surface area (TPSA) is 83.6 Å². The molecule has 2 aromatic rings. The van der Waals surface area contributed by atoms with Gasteiger partial charge in [-0.2, -0.15) is 4.31 Å². The first-order valence-electron chi connectivity index (χ1n) is 8.01. The van der Waals surface area contributed by atoms with Crippen molar-refractivity contribution >= 4 is 25.7 Å². The molecule has 0 unspecified atom stereocenters. The second-order valence-corrected chi connectivity index (χ2v) is 9.25. The molecule has 0 radical (unpaired) electrons. The third kappa shape index (κ3) is 4.22. The summed E-state index contributed by atoms with van der Waals surface area (Å²) < 4.78 is 67.2. The van der Waals surface area contributed by atoms with Crippen LogP contribution in [0.15, 0.2) is 52.3 Å². The number of anilines is 1. The van der Waals surface area contributed by atoms with Gasteiger partial charge in [-0.05, 0) is 42.8 Å². The molecule has 0 aliphatic carbocycles. The van der Waals surface area contributed by atoms with Gasteiger partial charge in [0.15, 0.2) is 0 Å². The molecule has 0 aliphatic heterocycles. The molecule has 0 fully saturated rings. The first-order valence-corrected chi connectivity index (χ1v) is 10.9. The molecule has 142 valence electrons. The first kappa shape index (κ1) is 20.3. The van der Waals surface area contributed by atoms with Crippen LogP contribution >= 0.6 is 0 Å². The summed E-state index contributed by atoms with van der Waals surface area (Å²) in [6.45, 7) is 5.71. The molecule has 9 heteroatoms. The van der Waals surface area contributed by atoms with Crippen LogP contribution in [0, 0.1) is 12.7 Å². The zero-order valence-corrected chi connectivity index (χ0v) is 16.4. The number of rotatable bonds is 7. The number of hydrogen-bond acceptors (Lipinski definition) is 4. The molecule has 2 rings (SSSR count). The average molecular weight is 400 g/mol. The highest BCUT2D eigenvalue weighted by molar-refractivity contribution is 7.92. The van der Waals surface area contributed by atoms with Gasteiger partial charge in [-0.15, -0.1) is 0 Å². The molecule has 6 nitrogen and oxygen atoms in total. The lowest BCUT2D eigenvalue weighted by Crippen LogP contribution is -2.30. The number of hydrogen-bond donors (Lipinski definition) is 1. The smallest absolute Gasteiger partial charge is 0.262 e. The minimum atomic E-state index is -4.05. The molecule has 0 spiro atoms. The predicted molar refractivity (Wildman–Crippen MR) is 98.5 cm³/mol. The normalized spacial score (nSPS) is 12.3. The van der Waals surface area contributed by atoms with E-state index in [1.54, 1.807) is 20.8 Å². The van der Waals surface area contributed by atoms with E-state index in [9.17, 15) is 21.2 Å².